The highest BCUT2D eigenvalue weighted by molar-refractivity contribution is 4.96. The quantitative estimate of drug-likeness (QED) is 0.481. The maximum Gasteiger partial charge on any atom is 0.0161 e. The summed E-state index contributed by atoms with van der Waals surface area (Å²) in [5.41, 5.74) is 2.01. The average molecular weight is 223 g/mol. The minimum absolute atomic E-state index is 0.682. The van der Waals surface area contributed by atoms with E-state index in [-0.39, 0.29) is 0 Å². The molecule has 1 aliphatic carbocycles. The highest BCUT2D eigenvalue weighted by Gasteiger charge is 2.40. The van der Waals surface area contributed by atoms with Gasteiger partial charge in [0.05, 0.1) is 0 Å². The summed E-state index contributed by atoms with van der Waals surface area (Å²) in [5.74, 6) is 1.02. The minimum Gasteiger partial charge on any atom is -0.313 e. The predicted octanol–water partition coefficient (Wildman–Crippen LogP) is 4.15. The lowest BCUT2D eigenvalue weighted by Gasteiger charge is -2.48. The van der Waals surface area contributed by atoms with Gasteiger partial charge in [0.15, 0.2) is 0 Å². The molecule has 0 spiro atoms. The lowest BCUT2D eigenvalue weighted by atomic mass is 9.58. The van der Waals surface area contributed by atoms with Gasteiger partial charge in [0.1, 0.15) is 0 Å². The van der Waals surface area contributed by atoms with Crippen molar-refractivity contribution in [1.82, 2.24) is 5.32 Å². The van der Waals surface area contributed by atoms with Crippen LogP contribution in [0.15, 0.2) is 12.2 Å². The number of hydrogen-bond acceptors (Lipinski definition) is 1. The van der Waals surface area contributed by atoms with Crippen LogP contribution in [-0.2, 0) is 0 Å². The van der Waals surface area contributed by atoms with Crippen LogP contribution in [0, 0.1) is 11.3 Å². The van der Waals surface area contributed by atoms with E-state index in [0.29, 0.717) is 5.41 Å². The van der Waals surface area contributed by atoms with Crippen molar-refractivity contribution in [3.8, 4) is 0 Å². The first-order chi connectivity index (χ1) is 7.65. The van der Waals surface area contributed by atoms with Gasteiger partial charge in [-0.15, -0.1) is 0 Å². The third kappa shape index (κ3) is 3.62. The van der Waals surface area contributed by atoms with Gasteiger partial charge in [0, 0.05) is 6.54 Å². The van der Waals surface area contributed by atoms with Gasteiger partial charge < -0.3 is 5.32 Å². The van der Waals surface area contributed by atoms with Gasteiger partial charge in [0.25, 0.3) is 0 Å². The molecule has 0 aromatic heterocycles. The van der Waals surface area contributed by atoms with Gasteiger partial charge in [-0.2, -0.15) is 0 Å². The Kier molecular flexibility index (Phi) is 5.54. The zero-order valence-electron chi connectivity index (χ0n) is 11.4. The van der Waals surface area contributed by atoms with Crippen molar-refractivity contribution in [2.75, 3.05) is 13.1 Å². The van der Waals surface area contributed by atoms with E-state index in [2.05, 4.69) is 32.7 Å². The Morgan fingerprint density at radius 2 is 2.00 bits per heavy atom. The fraction of sp³-hybridized carbons (Fsp3) is 0.867. The second-order valence-corrected chi connectivity index (χ2v) is 5.57. The van der Waals surface area contributed by atoms with Crippen molar-refractivity contribution in [3.05, 3.63) is 12.2 Å². The zero-order valence-corrected chi connectivity index (χ0v) is 11.4. The molecule has 0 unspecified atom stereocenters. The molecule has 0 aromatic rings. The Balaban J connectivity index is 2.14. The highest BCUT2D eigenvalue weighted by atomic mass is 14.8. The molecule has 1 nitrogen and oxygen atoms in total. The van der Waals surface area contributed by atoms with Gasteiger partial charge in [-0.1, -0.05) is 45.8 Å². The van der Waals surface area contributed by atoms with E-state index in [1.165, 1.54) is 44.2 Å². The first kappa shape index (κ1) is 13.8. The number of nitrogens with one attached hydrogen (secondary N) is 1. The first-order valence-electron chi connectivity index (χ1n) is 7.03. The molecule has 16 heavy (non-hydrogen) atoms. The standard InChI is InChI=1S/C15H29N/c1-5-13(4)12-16-9-8-15(7-3)10-14(6-2)11-15/h14,16H,4-12H2,1-3H3. The number of rotatable bonds is 8. The Morgan fingerprint density at radius 3 is 2.50 bits per heavy atom. The van der Waals surface area contributed by atoms with E-state index in [1.807, 2.05) is 0 Å². The summed E-state index contributed by atoms with van der Waals surface area (Å²) in [6, 6.07) is 0. The third-order valence-corrected chi connectivity index (χ3v) is 4.48. The monoisotopic (exact) mass is 223 g/mol. The Hall–Kier alpha value is -0.300. The lowest BCUT2D eigenvalue weighted by molar-refractivity contribution is 0.0387. The summed E-state index contributed by atoms with van der Waals surface area (Å²) in [6.45, 7) is 13.1. The van der Waals surface area contributed by atoms with Crippen molar-refractivity contribution >= 4 is 0 Å². The molecule has 1 fully saturated rings. The predicted molar refractivity (Wildman–Crippen MR) is 72.7 cm³/mol. The largest absolute Gasteiger partial charge is 0.313 e. The van der Waals surface area contributed by atoms with Crippen LogP contribution in [0.5, 0.6) is 0 Å². The molecule has 1 heteroatoms. The van der Waals surface area contributed by atoms with E-state index in [4.69, 9.17) is 0 Å². The Bertz CT molecular complexity index is 213. The maximum atomic E-state index is 4.02. The molecule has 1 saturated carbocycles. The molecule has 1 N–H and O–H groups in total. The Morgan fingerprint density at radius 1 is 1.31 bits per heavy atom. The SMILES string of the molecule is C=C(CC)CNCCC1(CC)CC(CC)C1. The fourth-order valence-electron chi connectivity index (χ4n) is 2.87. The molecule has 1 aliphatic rings. The highest BCUT2D eigenvalue weighted by Crippen LogP contribution is 2.51. The van der Waals surface area contributed by atoms with Crippen LogP contribution in [0.1, 0.15) is 59.3 Å². The normalized spacial score (nSPS) is 28.8. The summed E-state index contributed by atoms with van der Waals surface area (Å²) >= 11 is 0. The maximum absolute atomic E-state index is 4.02. The van der Waals surface area contributed by atoms with E-state index in [1.54, 1.807) is 0 Å². The van der Waals surface area contributed by atoms with Crippen LogP contribution in [0.25, 0.3) is 0 Å². The molecule has 0 radical (unpaired) electrons. The second kappa shape index (κ2) is 6.44. The zero-order chi connectivity index (χ0) is 12.0. The van der Waals surface area contributed by atoms with Crippen LogP contribution >= 0.6 is 0 Å². The summed E-state index contributed by atoms with van der Waals surface area (Å²) in [7, 11) is 0. The fourth-order valence-corrected chi connectivity index (χ4v) is 2.87. The second-order valence-electron chi connectivity index (χ2n) is 5.57. The smallest absolute Gasteiger partial charge is 0.0161 e. The van der Waals surface area contributed by atoms with Gasteiger partial charge in [-0.25, -0.2) is 0 Å². The molecular formula is C15H29N. The van der Waals surface area contributed by atoms with Crippen LogP contribution in [0.2, 0.25) is 0 Å². The van der Waals surface area contributed by atoms with Crippen LogP contribution in [0.4, 0.5) is 0 Å². The molecule has 94 valence electrons. The molecule has 0 heterocycles. The molecular weight excluding hydrogens is 194 g/mol. The summed E-state index contributed by atoms with van der Waals surface area (Å²) in [6.07, 6.45) is 8.13. The van der Waals surface area contributed by atoms with E-state index < -0.39 is 0 Å². The van der Waals surface area contributed by atoms with Gasteiger partial charge in [-0.3, -0.25) is 0 Å². The van der Waals surface area contributed by atoms with E-state index >= 15 is 0 Å². The van der Waals surface area contributed by atoms with E-state index in [0.717, 1.165) is 18.9 Å². The molecule has 0 aromatic carbocycles. The molecule has 0 bridgehead atoms. The molecule has 1 rings (SSSR count). The first-order valence-corrected chi connectivity index (χ1v) is 7.03. The molecule has 0 atom stereocenters. The molecule has 0 aliphatic heterocycles. The van der Waals surface area contributed by atoms with Crippen molar-refractivity contribution in [1.29, 1.82) is 0 Å². The van der Waals surface area contributed by atoms with Gasteiger partial charge >= 0.3 is 0 Å². The summed E-state index contributed by atoms with van der Waals surface area (Å²) in [5, 5.41) is 3.53. The molecule has 0 saturated heterocycles. The third-order valence-electron chi connectivity index (χ3n) is 4.48. The number of hydrogen-bond donors (Lipinski definition) is 1. The molecule has 0 amide bonds. The van der Waals surface area contributed by atoms with Gasteiger partial charge in [-0.05, 0) is 43.6 Å². The topological polar surface area (TPSA) is 12.0 Å². The van der Waals surface area contributed by atoms with Crippen molar-refractivity contribution < 1.29 is 0 Å². The van der Waals surface area contributed by atoms with Crippen molar-refractivity contribution in [3.63, 3.8) is 0 Å². The van der Waals surface area contributed by atoms with Crippen molar-refractivity contribution in [2.45, 2.75) is 59.3 Å². The van der Waals surface area contributed by atoms with E-state index in [9.17, 15) is 0 Å². The summed E-state index contributed by atoms with van der Waals surface area (Å²) < 4.78 is 0. The summed E-state index contributed by atoms with van der Waals surface area (Å²) in [4.78, 5) is 0. The van der Waals surface area contributed by atoms with Crippen molar-refractivity contribution in [2.24, 2.45) is 11.3 Å². The van der Waals surface area contributed by atoms with Crippen LogP contribution in [0.3, 0.4) is 0 Å². The Labute approximate surface area is 102 Å². The van der Waals surface area contributed by atoms with Crippen LogP contribution in [-0.4, -0.2) is 13.1 Å². The lowest BCUT2D eigenvalue weighted by Crippen LogP contribution is -2.39. The average Bonchev–Trinajstić information content (AvgIpc) is 2.26. The van der Waals surface area contributed by atoms with Gasteiger partial charge in [0.2, 0.25) is 0 Å². The minimum atomic E-state index is 0.682. The van der Waals surface area contributed by atoms with Crippen LogP contribution < -0.4 is 5.32 Å².